The summed E-state index contributed by atoms with van der Waals surface area (Å²) in [7, 11) is 0. The largest absolute Gasteiger partial charge is 0.462 e. The number of carbonyl (C=O) groups is 1. The van der Waals surface area contributed by atoms with Gasteiger partial charge in [-0.3, -0.25) is 0 Å². The molecule has 0 aliphatic rings. The summed E-state index contributed by atoms with van der Waals surface area (Å²) in [5, 5.41) is 3.23. The van der Waals surface area contributed by atoms with E-state index in [1.54, 1.807) is 6.92 Å². The molecule has 0 saturated carbocycles. The first kappa shape index (κ1) is 22.2. The molecule has 0 aliphatic heterocycles. The Hall–Kier alpha value is -0.850. The van der Waals surface area contributed by atoms with Crippen LogP contribution in [0.1, 0.15) is 33.3 Å². The molecule has 0 amide bonds. The van der Waals surface area contributed by atoms with Gasteiger partial charge in [0.25, 0.3) is 5.69 Å². The number of ether oxygens (including phenoxy) is 1. The lowest BCUT2D eigenvalue weighted by molar-refractivity contribution is -0.137. The van der Waals surface area contributed by atoms with Crippen LogP contribution in [0.3, 0.4) is 0 Å². The van der Waals surface area contributed by atoms with Gasteiger partial charge in [-0.25, -0.2) is 4.79 Å². The van der Waals surface area contributed by atoms with Crippen molar-refractivity contribution in [2.45, 2.75) is 34.6 Å². The fourth-order valence-electron chi connectivity index (χ4n) is 1.88. The highest BCUT2D eigenvalue weighted by molar-refractivity contribution is 8.69. The van der Waals surface area contributed by atoms with Crippen LogP contribution in [0.25, 0.3) is 0 Å². The minimum Gasteiger partial charge on any atom is -0.462 e. The Bertz CT molecular complexity index is 637. The van der Waals surface area contributed by atoms with Crippen molar-refractivity contribution in [2.24, 2.45) is 0 Å². The van der Waals surface area contributed by atoms with Gasteiger partial charge in [-0.2, -0.15) is 0 Å². The van der Waals surface area contributed by atoms with Crippen LogP contribution in [0, 0.1) is 6.92 Å². The molecule has 8 heteroatoms. The normalized spacial score (nSPS) is 12.5. The molecule has 1 N–H and O–H groups in total. The molecule has 25 heavy (non-hydrogen) atoms. The van der Waals surface area contributed by atoms with Crippen molar-refractivity contribution in [3.05, 3.63) is 40.4 Å². The minimum absolute atomic E-state index is 0.285. The smallest absolute Gasteiger partial charge is 0.346 e. The third kappa shape index (κ3) is 7.50. The van der Waals surface area contributed by atoms with E-state index in [0.717, 1.165) is 22.6 Å². The van der Waals surface area contributed by atoms with Crippen LogP contribution < -0.4 is 5.32 Å². The van der Waals surface area contributed by atoms with Crippen molar-refractivity contribution in [2.75, 3.05) is 25.1 Å². The number of rotatable bonds is 10. The van der Waals surface area contributed by atoms with Crippen LogP contribution >= 0.6 is 17.1 Å². The Morgan fingerprint density at radius 3 is 2.16 bits per heavy atom. The molecule has 1 aromatic rings. The molecule has 0 atom stereocenters. The molecule has 0 heterocycles. The number of nitrogens with one attached hydrogen (secondary N) is 1. The standard InChI is InChI=1S/C17H26NO4PS2/c1-6-20-17(19)16(25-23(24,21-7-2)22-8-3)14(5)18-15-11-9-13(4)10-12-15/h9-12,18H,6-8H2,1-5H3/b16-14-. The Morgan fingerprint density at radius 2 is 1.68 bits per heavy atom. The van der Waals surface area contributed by atoms with Gasteiger partial charge in [0, 0.05) is 11.4 Å². The predicted molar refractivity (Wildman–Crippen MR) is 109 cm³/mol. The molecule has 1 rings (SSSR count). The Morgan fingerprint density at radius 1 is 1.12 bits per heavy atom. The highest BCUT2D eigenvalue weighted by atomic mass is 32.9. The van der Waals surface area contributed by atoms with Gasteiger partial charge in [-0.15, -0.1) is 0 Å². The van der Waals surface area contributed by atoms with E-state index in [9.17, 15) is 4.79 Å². The number of allylic oxidation sites excluding steroid dienone is 1. The molecule has 5 nitrogen and oxygen atoms in total. The van der Waals surface area contributed by atoms with Crippen molar-refractivity contribution in [3.8, 4) is 0 Å². The van der Waals surface area contributed by atoms with Crippen LogP contribution in [-0.4, -0.2) is 25.8 Å². The fraction of sp³-hybridized carbons (Fsp3) is 0.471. The highest BCUT2D eigenvalue weighted by Gasteiger charge is 2.27. The average Bonchev–Trinajstić information content (AvgIpc) is 2.55. The first-order valence-electron chi connectivity index (χ1n) is 8.15. The number of carbonyl (C=O) groups excluding carboxylic acids is 1. The topological polar surface area (TPSA) is 56.8 Å². The highest BCUT2D eigenvalue weighted by Crippen LogP contribution is 2.64. The average molecular weight is 404 g/mol. The Labute approximate surface area is 159 Å². The fourth-order valence-corrected chi connectivity index (χ4v) is 6.80. The zero-order chi connectivity index (χ0) is 18.9. The van der Waals surface area contributed by atoms with E-state index >= 15 is 0 Å². The van der Waals surface area contributed by atoms with Crippen molar-refractivity contribution in [3.63, 3.8) is 0 Å². The van der Waals surface area contributed by atoms with E-state index in [-0.39, 0.29) is 6.61 Å². The van der Waals surface area contributed by atoms with Gasteiger partial charge in [-0.05, 0) is 69.9 Å². The number of benzene rings is 1. The van der Waals surface area contributed by atoms with Gasteiger partial charge in [0.2, 0.25) is 0 Å². The molecule has 0 aromatic heterocycles. The maximum Gasteiger partial charge on any atom is 0.346 e. The second-order valence-corrected chi connectivity index (χ2v) is 11.2. The monoisotopic (exact) mass is 403 g/mol. The minimum atomic E-state index is -2.67. The number of hydrogen-bond acceptors (Lipinski definition) is 7. The molecule has 1 aromatic carbocycles. The third-order valence-corrected chi connectivity index (χ3v) is 8.14. The summed E-state index contributed by atoms with van der Waals surface area (Å²) in [5.41, 5.74) is 0.0290. The van der Waals surface area contributed by atoms with Crippen LogP contribution in [0.15, 0.2) is 34.9 Å². The Balaban J connectivity index is 3.14. The van der Waals surface area contributed by atoms with Crippen LogP contribution in [0.5, 0.6) is 0 Å². The van der Waals surface area contributed by atoms with E-state index in [0.29, 0.717) is 23.8 Å². The van der Waals surface area contributed by atoms with E-state index in [1.807, 2.05) is 52.0 Å². The number of esters is 1. The summed E-state index contributed by atoms with van der Waals surface area (Å²) < 4.78 is 16.5. The number of anilines is 1. The second kappa shape index (κ2) is 11.0. The summed E-state index contributed by atoms with van der Waals surface area (Å²) in [6, 6.07) is 7.90. The lowest BCUT2D eigenvalue weighted by Crippen LogP contribution is -2.11. The molecule has 0 saturated heterocycles. The quantitative estimate of drug-likeness (QED) is 0.326. The molecule has 0 spiro atoms. The number of hydrogen-bond donors (Lipinski definition) is 1. The van der Waals surface area contributed by atoms with E-state index in [2.05, 4.69) is 5.32 Å². The summed E-state index contributed by atoms with van der Waals surface area (Å²) in [6.45, 7) is 10.4. The van der Waals surface area contributed by atoms with Gasteiger partial charge in [0.05, 0.1) is 19.8 Å². The summed E-state index contributed by atoms with van der Waals surface area (Å²) in [5.74, 6) is -0.432. The summed E-state index contributed by atoms with van der Waals surface area (Å²) in [6.07, 6.45) is 0. The zero-order valence-electron chi connectivity index (χ0n) is 15.3. The van der Waals surface area contributed by atoms with Gasteiger partial charge >= 0.3 is 5.97 Å². The third-order valence-electron chi connectivity index (χ3n) is 2.96. The molecule has 0 unspecified atom stereocenters. The van der Waals surface area contributed by atoms with Gasteiger partial charge < -0.3 is 19.1 Å². The summed E-state index contributed by atoms with van der Waals surface area (Å²) in [4.78, 5) is 12.8. The van der Waals surface area contributed by atoms with Crippen molar-refractivity contribution in [1.29, 1.82) is 0 Å². The SMILES string of the molecule is CCOC(=O)/C(SP(=S)(OCC)OCC)=C(\C)Nc1ccc(C)cc1. The van der Waals surface area contributed by atoms with Crippen molar-refractivity contribution < 1.29 is 18.6 Å². The first-order valence-corrected chi connectivity index (χ1v) is 12.2. The van der Waals surface area contributed by atoms with Crippen LogP contribution in [-0.2, 0) is 30.4 Å². The van der Waals surface area contributed by atoms with Gasteiger partial charge in [-0.1, -0.05) is 17.7 Å². The Kier molecular flexibility index (Phi) is 9.75. The predicted octanol–water partition coefficient (Wildman–Crippen LogP) is 5.23. The molecule has 0 radical (unpaired) electrons. The molecule has 140 valence electrons. The second-order valence-electron chi connectivity index (χ2n) is 5.04. The molecular formula is C17H26NO4PS2. The first-order chi connectivity index (χ1) is 11.8. The summed E-state index contributed by atoms with van der Waals surface area (Å²) >= 11 is 6.68. The lowest BCUT2D eigenvalue weighted by Gasteiger charge is -2.22. The van der Waals surface area contributed by atoms with E-state index < -0.39 is 11.7 Å². The lowest BCUT2D eigenvalue weighted by atomic mass is 10.2. The van der Waals surface area contributed by atoms with Crippen LogP contribution in [0.2, 0.25) is 0 Å². The van der Waals surface area contributed by atoms with Crippen molar-refractivity contribution >= 4 is 40.5 Å². The van der Waals surface area contributed by atoms with E-state index in [1.165, 1.54) is 0 Å². The van der Waals surface area contributed by atoms with Gasteiger partial charge in [0.1, 0.15) is 4.91 Å². The maximum absolute atomic E-state index is 12.4. The van der Waals surface area contributed by atoms with E-state index in [4.69, 9.17) is 25.6 Å². The number of aryl methyl sites for hydroxylation is 1. The van der Waals surface area contributed by atoms with Crippen LogP contribution in [0.4, 0.5) is 5.69 Å². The maximum atomic E-state index is 12.4. The van der Waals surface area contributed by atoms with Crippen molar-refractivity contribution in [1.82, 2.24) is 0 Å². The van der Waals surface area contributed by atoms with Gasteiger partial charge in [0.15, 0.2) is 0 Å². The molecular weight excluding hydrogens is 377 g/mol. The zero-order valence-corrected chi connectivity index (χ0v) is 17.9. The molecule has 0 fully saturated rings. The molecule has 0 bridgehead atoms. The molecule has 0 aliphatic carbocycles.